The number of methoxy groups -OCH3 is 1. The third-order valence-corrected chi connectivity index (χ3v) is 2.77. The summed E-state index contributed by atoms with van der Waals surface area (Å²) in [7, 11) is 2.98. The zero-order chi connectivity index (χ0) is 15.0. The van der Waals surface area contributed by atoms with E-state index in [-0.39, 0.29) is 42.2 Å². The van der Waals surface area contributed by atoms with Crippen LogP contribution in [-0.2, 0) is 16.1 Å². The first-order chi connectivity index (χ1) is 9.56. The van der Waals surface area contributed by atoms with E-state index in [4.69, 9.17) is 0 Å². The molecule has 0 aliphatic heterocycles. The first-order valence-corrected chi connectivity index (χ1v) is 6.33. The molecule has 118 valence electrons. The third kappa shape index (κ3) is 7.26. The Morgan fingerprint density at radius 1 is 1.38 bits per heavy atom. The number of nitrogens with zero attached hydrogens (tertiary/aromatic N) is 1. The van der Waals surface area contributed by atoms with Gasteiger partial charge in [0.1, 0.15) is 5.82 Å². The molecule has 5 nitrogen and oxygen atoms in total. The quantitative estimate of drug-likeness (QED) is 0.338. The van der Waals surface area contributed by atoms with Gasteiger partial charge in [0.2, 0.25) is 0 Å². The standard InChI is InChI=1S/C14H20FN3O2.HI/c1-10-4-5-11(8-12(10)15)9-18-14(16-2)17-7-6-13(19)20-3;/h4-5,8H,6-7,9H2,1-3H3,(H2,16,17,18);1H. The Balaban J connectivity index is 0.00000400. The molecule has 1 aromatic rings. The van der Waals surface area contributed by atoms with E-state index in [2.05, 4.69) is 20.4 Å². The topological polar surface area (TPSA) is 62.7 Å². The summed E-state index contributed by atoms with van der Waals surface area (Å²) >= 11 is 0. The lowest BCUT2D eigenvalue weighted by molar-refractivity contribution is -0.140. The maximum absolute atomic E-state index is 13.4. The number of esters is 1. The van der Waals surface area contributed by atoms with Crippen molar-refractivity contribution in [3.63, 3.8) is 0 Å². The zero-order valence-electron chi connectivity index (χ0n) is 12.4. The molecule has 0 saturated heterocycles. The largest absolute Gasteiger partial charge is 0.469 e. The Kier molecular flexibility index (Phi) is 9.68. The van der Waals surface area contributed by atoms with Crippen LogP contribution in [0, 0.1) is 12.7 Å². The molecule has 7 heteroatoms. The molecule has 0 unspecified atom stereocenters. The number of halogens is 2. The van der Waals surface area contributed by atoms with Gasteiger partial charge < -0.3 is 15.4 Å². The Morgan fingerprint density at radius 2 is 2.10 bits per heavy atom. The number of aliphatic imine (C=N–C) groups is 1. The SMILES string of the molecule is CN=C(NCCC(=O)OC)NCc1ccc(C)c(F)c1.I. The van der Waals surface area contributed by atoms with E-state index in [1.165, 1.54) is 13.2 Å². The van der Waals surface area contributed by atoms with Crippen molar-refractivity contribution in [2.45, 2.75) is 19.9 Å². The molecule has 0 aliphatic carbocycles. The molecule has 0 bridgehead atoms. The summed E-state index contributed by atoms with van der Waals surface area (Å²) in [6.45, 7) is 2.60. The number of guanidine groups is 1. The van der Waals surface area contributed by atoms with Crippen molar-refractivity contribution in [2.75, 3.05) is 20.7 Å². The lowest BCUT2D eigenvalue weighted by atomic mass is 10.1. The second-order valence-corrected chi connectivity index (χ2v) is 4.26. The van der Waals surface area contributed by atoms with E-state index < -0.39 is 0 Å². The van der Waals surface area contributed by atoms with E-state index in [0.29, 0.717) is 24.6 Å². The molecule has 0 saturated carbocycles. The van der Waals surface area contributed by atoms with Gasteiger partial charge >= 0.3 is 5.97 Å². The van der Waals surface area contributed by atoms with Gasteiger partial charge in [0.15, 0.2) is 5.96 Å². The fourth-order valence-electron chi connectivity index (χ4n) is 1.54. The molecule has 2 N–H and O–H groups in total. The summed E-state index contributed by atoms with van der Waals surface area (Å²) in [6, 6.07) is 5.08. The lowest BCUT2D eigenvalue weighted by Gasteiger charge is -2.11. The maximum Gasteiger partial charge on any atom is 0.307 e. The number of carbonyl (C=O) groups excluding carboxylic acids is 1. The van der Waals surface area contributed by atoms with Crippen molar-refractivity contribution >= 4 is 35.9 Å². The van der Waals surface area contributed by atoms with Crippen molar-refractivity contribution < 1.29 is 13.9 Å². The van der Waals surface area contributed by atoms with E-state index in [1.807, 2.05) is 6.07 Å². The summed E-state index contributed by atoms with van der Waals surface area (Å²) in [5.41, 5.74) is 1.44. The van der Waals surface area contributed by atoms with Crippen LogP contribution < -0.4 is 10.6 Å². The molecule has 0 heterocycles. The van der Waals surface area contributed by atoms with Crippen LogP contribution in [0.25, 0.3) is 0 Å². The first-order valence-electron chi connectivity index (χ1n) is 6.33. The van der Waals surface area contributed by atoms with Gasteiger partial charge in [0.05, 0.1) is 13.5 Å². The first kappa shape index (κ1) is 19.6. The van der Waals surface area contributed by atoms with E-state index in [1.54, 1.807) is 20.0 Å². The summed E-state index contributed by atoms with van der Waals surface area (Å²) in [6.07, 6.45) is 0.260. The number of rotatable bonds is 5. The summed E-state index contributed by atoms with van der Waals surface area (Å²) in [4.78, 5) is 15.0. The number of nitrogens with one attached hydrogen (secondary N) is 2. The van der Waals surface area contributed by atoms with Crippen LogP contribution >= 0.6 is 24.0 Å². The van der Waals surface area contributed by atoms with Crippen LogP contribution in [0.2, 0.25) is 0 Å². The number of benzene rings is 1. The van der Waals surface area contributed by atoms with Crippen LogP contribution in [0.4, 0.5) is 4.39 Å². The fourth-order valence-corrected chi connectivity index (χ4v) is 1.54. The van der Waals surface area contributed by atoms with Crippen molar-refractivity contribution in [3.8, 4) is 0 Å². The van der Waals surface area contributed by atoms with Crippen LogP contribution in [0.5, 0.6) is 0 Å². The number of hydrogen-bond donors (Lipinski definition) is 2. The molecule has 0 fully saturated rings. The Hall–Kier alpha value is -1.38. The van der Waals surface area contributed by atoms with Crippen LogP contribution in [0.3, 0.4) is 0 Å². The monoisotopic (exact) mass is 409 g/mol. The lowest BCUT2D eigenvalue weighted by Crippen LogP contribution is -2.37. The molecular formula is C14H21FIN3O2. The highest BCUT2D eigenvalue weighted by molar-refractivity contribution is 14.0. The molecule has 0 spiro atoms. The smallest absolute Gasteiger partial charge is 0.307 e. The van der Waals surface area contributed by atoms with Gasteiger partial charge in [0.25, 0.3) is 0 Å². The van der Waals surface area contributed by atoms with Gasteiger partial charge in [-0.05, 0) is 24.1 Å². The molecule has 1 rings (SSSR count). The number of aryl methyl sites for hydroxylation is 1. The van der Waals surface area contributed by atoms with Gasteiger partial charge in [-0.3, -0.25) is 9.79 Å². The number of hydrogen-bond acceptors (Lipinski definition) is 3. The van der Waals surface area contributed by atoms with Crippen LogP contribution in [0.1, 0.15) is 17.5 Å². The average Bonchev–Trinajstić information content (AvgIpc) is 2.45. The van der Waals surface area contributed by atoms with Crippen molar-refractivity contribution in [1.82, 2.24) is 10.6 Å². The highest BCUT2D eigenvalue weighted by atomic mass is 127. The molecule has 0 aliphatic rings. The second kappa shape index (κ2) is 10.4. The molecule has 21 heavy (non-hydrogen) atoms. The highest BCUT2D eigenvalue weighted by Gasteiger charge is 2.03. The Labute approximate surface area is 141 Å². The maximum atomic E-state index is 13.4. The zero-order valence-corrected chi connectivity index (χ0v) is 14.7. The minimum atomic E-state index is -0.284. The molecule has 0 aromatic heterocycles. The predicted octanol–water partition coefficient (Wildman–Crippen LogP) is 1.98. The minimum Gasteiger partial charge on any atom is -0.469 e. The fraction of sp³-hybridized carbons (Fsp3) is 0.429. The number of carbonyl (C=O) groups is 1. The van der Waals surface area contributed by atoms with Gasteiger partial charge in [0, 0.05) is 20.1 Å². The predicted molar refractivity (Wildman–Crippen MR) is 91.4 cm³/mol. The van der Waals surface area contributed by atoms with E-state index in [9.17, 15) is 9.18 Å². The van der Waals surface area contributed by atoms with Crippen LogP contribution in [0.15, 0.2) is 23.2 Å². The van der Waals surface area contributed by atoms with Gasteiger partial charge in [-0.2, -0.15) is 0 Å². The molecule has 1 aromatic carbocycles. The summed E-state index contributed by atoms with van der Waals surface area (Å²) in [5, 5.41) is 6.02. The van der Waals surface area contributed by atoms with Gasteiger partial charge in [-0.15, -0.1) is 24.0 Å². The van der Waals surface area contributed by atoms with Gasteiger partial charge in [-0.25, -0.2) is 4.39 Å². The number of ether oxygens (including phenoxy) is 1. The molecule has 0 amide bonds. The minimum absolute atomic E-state index is 0. The molecule has 0 radical (unpaired) electrons. The van der Waals surface area contributed by atoms with Crippen molar-refractivity contribution in [1.29, 1.82) is 0 Å². The summed E-state index contributed by atoms with van der Waals surface area (Å²) < 4.78 is 17.9. The Bertz CT molecular complexity index is 495. The third-order valence-electron chi connectivity index (χ3n) is 2.77. The normalized spacial score (nSPS) is 10.6. The van der Waals surface area contributed by atoms with Gasteiger partial charge in [-0.1, -0.05) is 12.1 Å². The molecule has 0 atom stereocenters. The van der Waals surface area contributed by atoms with E-state index >= 15 is 0 Å². The van der Waals surface area contributed by atoms with E-state index in [0.717, 1.165) is 5.56 Å². The molecular weight excluding hydrogens is 388 g/mol. The second-order valence-electron chi connectivity index (χ2n) is 4.26. The van der Waals surface area contributed by atoms with Crippen LogP contribution in [-0.4, -0.2) is 32.6 Å². The van der Waals surface area contributed by atoms with Crippen molar-refractivity contribution in [2.24, 2.45) is 4.99 Å². The Morgan fingerprint density at radius 3 is 2.67 bits per heavy atom. The average molecular weight is 409 g/mol. The van der Waals surface area contributed by atoms with Crippen molar-refractivity contribution in [3.05, 3.63) is 35.1 Å². The summed E-state index contributed by atoms with van der Waals surface area (Å²) in [5.74, 6) is 0.0429. The highest BCUT2D eigenvalue weighted by Crippen LogP contribution is 2.08.